The predicted octanol–water partition coefficient (Wildman–Crippen LogP) is 5.89. The fraction of sp³-hybridized carbons (Fsp3) is 0.0769. The summed E-state index contributed by atoms with van der Waals surface area (Å²) < 4.78 is 29.7. The highest BCUT2D eigenvalue weighted by Crippen LogP contribution is 2.21. The fourth-order valence-corrected chi connectivity index (χ4v) is 2.69. The van der Waals surface area contributed by atoms with Gasteiger partial charge in [0.15, 0.2) is 0 Å². The normalized spacial score (nSPS) is 10.6. The molecule has 0 N–H and O–H groups in total. The van der Waals surface area contributed by atoms with Gasteiger partial charge in [-0.05, 0) is 48.5 Å². The van der Waals surface area contributed by atoms with Crippen LogP contribution in [0.4, 0.5) is 0 Å². The Morgan fingerprint density at radius 3 is 0.774 bits per heavy atom. The third kappa shape index (κ3) is 6.52. The average molecular weight is 414 g/mol. The van der Waals surface area contributed by atoms with Crippen LogP contribution in [0.15, 0.2) is 121 Å². The largest absolute Gasteiger partial charge is 0.432 e. The summed E-state index contributed by atoms with van der Waals surface area (Å²) >= 11 is 0. The zero-order chi connectivity index (χ0) is 21.1. The van der Waals surface area contributed by atoms with Crippen LogP contribution >= 0.6 is 0 Å². The number of hydrogen-bond donors (Lipinski definition) is 0. The van der Waals surface area contributed by atoms with Crippen LogP contribution in [0.2, 0.25) is 0 Å². The molecule has 0 amide bonds. The molecule has 0 spiro atoms. The maximum atomic E-state index is 5.98. The highest BCUT2D eigenvalue weighted by Gasteiger charge is 2.23. The van der Waals surface area contributed by atoms with Gasteiger partial charge in [-0.1, -0.05) is 72.8 Å². The second-order valence-corrected chi connectivity index (χ2v) is 6.44. The molecule has 0 saturated carbocycles. The van der Waals surface area contributed by atoms with Crippen LogP contribution in [-0.2, 0) is 4.74 Å². The number of ether oxygens (including phenoxy) is 5. The molecule has 4 aromatic rings. The second-order valence-electron chi connectivity index (χ2n) is 6.44. The minimum Gasteiger partial charge on any atom is -0.432 e. The van der Waals surface area contributed by atoms with Gasteiger partial charge in [-0.3, -0.25) is 0 Å². The van der Waals surface area contributed by atoms with Gasteiger partial charge < -0.3 is 18.9 Å². The molecule has 0 fully saturated rings. The Morgan fingerprint density at radius 1 is 0.323 bits per heavy atom. The lowest BCUT2D eigenvalue weighted by atomic mass is 10.3. The summed E-state index contributed by atoms with van der Waals surface area (Å²) in [7, 11) is 0. The Balaban J connectivity index is 1.55. The standard InChI is InChI=1S/C26H22O5/c1-5-13-21(14-6-1)27-25(28-22-15-7-2-8-16-22)31-26(29-23-17-9-3-10-18-23)30-24-19-11-4-12-20-24/h1-20,25-26H. The molecule has 4 rings (SSSR count). The van der Waals surface area contributed by atoms with Crippen LogP contribution in [0.3, 0.4) is 0 Å². The lowest BCUT2D eigenvalue weighted by molar-refractivity contribution is -0.315. The van der Waals surface area contributed by atoms with E-state index in [2.05, 4.69) is 0 Å². The Bertz CT molecular complexity index is 843. The van der Waals surface area contributed by atoms with E-state index in [0.717, 1.165) is 0 Å². The number of para-hydroxylation sites is 4. The van der Waals surface area contributed by atoms with Gasteiger partial charge in [0.1, 0.15) is 23.0 Å². The molecular formula is C26H22O5. The summed E-state index contributed by atoms with van der Waals surface area (Å²) in [4.78, 5) is 0. The van der Waals surface area contributed by atoms with Crippen LogP contribution in [0.1, 0.15) is 0 Å². The van der Waals surface area contributed by atoms with Crippen molar-refractivity contribution >= 4 is 0 Å². The van der Waals surface area contributed by atoms with Gasteiger partial charge in [-0.25, -0.2) is 4.74 Å². The van der Waals surface area contributed by atoms with Crippen molar-refractivity contribution < 1.29 is 23.7 Å². The van der Waals surface area contributed by atoms with E-state index in [-0.39, 0.29) is 0 Å². The van der Waals surface area contributed by atoms with Crippen molar-refractivity contribution in [1.82, 2.24) is 0 Å². The zero-order valence-electron chi connectivity index (χ0n) is 16.7. The Morgan fingerprint density at radius 2 is 0.548 bits per heavy atom. The topological polar surface area (TPSA) is 46.2 Å². The predicted molar refractivity (Wildman–Crippen MR) is 117 cm³/mol. The van der Waals surface area contributed by atoms with Gasteiger partial charge >= 0.3 is 13.0 Å². The number of rotatable bonds is 10. The van der Waals surface area contributed by atoms with Crippen LogP contribution < -0.4 is 18.9 Å². The van der Waals surface area contributed by atoms with Crippen molar-refractivity contribution in [3.63, 3.8) is 0 Å². The molecule has 0 aromatic heterocycles. The molecule has 0 aliphatic rings. The summed E-state index contributed by atoms with van der Waals surface area (Å²) in [5, 5.41) is 0. The van der Waals surface area contributed by atoms with Gasteiger partial charge in [-0.2, -0.15) is 0 Å². The smallest absolute Gasteiger partial charge is 0.366 e. The van der Waals surface area contributed by atoms with Crippen LogP contribution in [0.25, 0.3) is 0 Å². The monoisotopic (exact) mass is 414 g/mol. The zero-order valence-corrected chi connectivity index (χ0v) is 16.7. The van der Waals surface area contributed by atoms with E-state index in [9.17, 15) is 0 Å². The molecule has 5 heteroatoms. The molecule has 156 valence electrons. The van der Waals surface area contributed by atoms with Crippen LogP contribution in [0.5, 0.6) is 23.0 Å². The summed E-state index contributed by atoms with van der Waals surface area (Å²) in [5.74, 6) is 2.34. The van der Waals surface area contributed by atoms with E-state index in [1.165, 1.54) is 0 Å². The minimum atomic E-state index is -1.12. The van der Waals surface area contributed by atoms with Gasteiger partial charge in [0, 0.05) is 0 Å². The van der Waals surface area contributed by atoms with Crippen molar-refractivity contribution in [3.8, 4) is 23.0 Å². The molecule has 0 unspecified atom stereocenters. The Labute approximate surface area is 181 Å². The first-order valence-corrected chi connectivity index (χ1v) is 9.87. The SMILES string of the molecule is c1ccc(OC(Oc2ccccc2)OC(Oc2ccccc2)Oc2ccccc2)cc1. The highest BCUT2D eigenvalue weighted by atomic mass is 16.9. The van der Waals surface area contributed by atoms with E-state index in [1.807, 2.05) is 121 Å². The fourth-order valence-electron chi connectivity index (χ4n) is 2.69. The van der Waals surface area contributed by atoms with Crippen molar-refractivity contribution in [1.29, 1.82) is 0 Å². The van der Waals surface area contributed by atoms with E-state index in [1.54, 1.807) is 0 Å². The number of benzene rings is 4. The first-order chi connectivity index (χ1) is 15.3. The van der Waals surface area contributed by atoms with Gasteiger partial charge in [0.05, 0.1) is 0 Å². The lowest BCUT2D eigenvalue weighted by Gasteiger charge is -2.26. The summed E-state index contributed by atoms with van der Waals surface area (Å²) in [6, 6.07) is 37.1. The van der Waals surface area contributed by atoms with Gasteiger partial charge in [-0.15, -0.1) is 0 Å². The third-order valence-electron chi connectivity index (χ3n) is 4.12. The Kier molecular flexibility index (Phi) is 7.02. The summed E-state index contributed by atoms with van der Waals surface area (Å²) in [5.41, 5.74) is 0. The van der Waals surface area contributed by atoms with Gasteiger partial charge in [0.2, 0.25) is 0 Å². The second kappa shape index (κ2) is 10.7. The van der Waals surface area contributed by atoms with Crippen LogP contribution in [-0.4, -0.2) is 13.0 Å². The molecule has 31 heavy (non-hydrogen) atoms. The van der Waals surface area contributed by atoms with E-state index in [0.29, 0.717) is 23.0 Å². The summed E-state index contributed by atoms with van der Waals surface area (Å²) in [6.07, 6.45) is 0. The maximum Gasteiger partial charge on any atom is 0.366 e. The molecular weight excluding hydrogens is 392 g/mol. The van der Waals surface area contributed by atoms with Crippen molar-refractivity contribution in [2.24, 2.45) is 0 Å². The quantitative estimate of drug-likeness (QED) is 0.303. The molecule has 0 atom stereocenters. The molecule has 0 bridgehead atoms. The van der Waals surface area contributed by atoms with Crippen LogP contribution in [0, 0.1) is 0 Å². The third-order valence-corrected chi connectivity index (χ3v) is 4.12. The van der Waals surface area contributed by atoms with E-state index < -0.39 is 13.0 Å². The molecule has 0 saturated heterocycles. The number of hydrogen-bond acceptors (Lipinski definition) is 5. The van der Waals surface area contributed by atoms with Gasteiger partial charge in [0.25, 0.3) is 0 Å². The van der Waals surface area contributed by atoms with E-state index in [4.69, 9.17) is 23.7 Å². The van der Waals surface area contributed by atoms with Crippen molar-refractivity contribution in [3.05, 3.63) is 121 Å². The highest BCUT2D eigenvalue weighted by molar-refractivity contribution is 5.24. The first-order valence-electron chi connectivity index (χ1n) is 9.87. The molecule has 0 aliphatic heterocycles. The maximum absolute atomic E-state index is 5.98. The molecule has 0 aliphatic carbocycles. The molecule has 5 nitrogen and oxygen atoms in total. The average Bonchev–Trinajstić information content (AvgIpc) is 2.82. The lowest BCUT2D eigenvalue weighted by Crippen LogP contribution is -2.38. The summed E-state index contributed by atoms with van der Waals surface area (Å²) in [6.45, 7) is -2.25. The molecule has 0 radical (unpaired) electrons. The molecule has 0 heterocycles. The molecule has 4 aromatic carbocycles. The van der Waals surface area contributed by atoms with Crippen molar-refractivity contribution in [2.45, 2.75) is 13.0 Å². The first kappa shape index (κ1) is 20.3. The van der Waals surface area contributed by atoms with E-state index >= 15 is 0 Å². The Hall–Kier alpha value is -3.96. The minimum absolute atomic E-state index is 0.585. The van der Waals surface area contributed by atoms with Crippen molar-refractivity contribution in [2.75, 3.05) is 0 Å².